The molecule has 1 atom stereocenters. The van der Waals surface area contributed by atoms with Gasteiger partial charge in [-0.1, -0.05) is 37.3 Å². The molecule has 0 heterocycles. The van der Waals surface area contributed by atoms with Crippen molar-refractivity contribution >= 4 is 0 Å². The summed E-state index contributed by atoms with van der Waals surface area (Å²) in [5, 5.41) is 32.2. The fourth-order valence-corrected chi connectivity index (χ4v) is 2.07. The number of benzene rings is 2. The predicted molar refractivity (Wildman–Crippen MR) is 73.4 cm³/mol. The van der Waals surface area contributed by atoms with Crippen molar-refractivity contribution in [3.63, 3.8) is 0 Å². The second-order valence-electron chi connectivity index (χ2n) is 4.27. The van der Waals surface area contributed by atoms with Crippen LogP contribution in [0.1, 0.15) is 24.1 Å². The van der Waals surface area contributed by atoms with Gasteiger partial charge in [0.15, 0.2) is 11.5 Å². The number of phenolic OH excluding ortho intramolecular Hbond substituents is 3. The number of rotatable bonds is 4. The molecule has 4 heteroatoms. The highest BCUT2D eigenvalue weighted by atomic mass is 16.3. The van der Waals surface area contributed by atoms with Crippen molar-refractivity contribution < 1.29 is 15.3 Å². The highest BCUT2D eigenvalue weighted by Gasteiger charge is 2.20. The Kier molecular flexibility index (Phi) is 3.92. The third-order valence-corrected chi connectivity index (χ3v) is 3.01. The van der Waals surface area contributed by atoms with Gasteiger partial charge in [0.05, 0.1) is 6.04 Å². The summed E-state index contributed by atoms with van der Waals surface area (Å²) in [6.07, 6.45) is 0. The lowest BCUT2D eigenvalue weighted by Gasteiger charge is -2.20. The SMILES string of the molecule is CCNC(c1ccccc1)c1ccc(O)c(O)c1O. The topological polar surface area (TPSA) is 72.7 Å². The van der Waals surface area contributed by atoms with E-state index in [2.05, 4.69) is 5.32 Å². The lowest BCUT2D eigenvalue weighted by molar-refractivity contribution is 0.362. The molecule has 1 unspecified atom stereocenters. The van der Waals surface area contributed by atoms with Crippen LogP contribution >= 0.6 is 0 Å². The van der Waals surface area contributed by atoms with Crippen LogP contribution in [0.3, 0.4) is 0 Å². The highest BCUT2D eigenvalue weighted by Crippen LogP contribution is 2.41. The molecular formula is C15H17NO3. The van der Waals surface area contributed by atoms with Crippen LogP contribution in [0.4, 0.5) is 0 Å². The summed E-state index contributed by atoms with van der Waals surface area (Å²) in [6.45, 7) is 2.67. The minimum Gasteiger partial charge on any atom is -0.504 e. The Balaban J connectivity index is 2.49. The minimum atomic E-state index is -0.490. The molecule has 0 aromatic heterocycles. The van der Waals surface area contributed by atoms with Gasteiger partial charge in [-0.25, -0.2) is 0 Å². The molecule has 0 aliphatic heterocycles. The average Bonchev–Trinajstić information content (AvgIpc) is 2.44. The second kappa shape index (κ2) is 5.63. The van der Waals surface area contributed by atoms with E-state index in [1.165, 1.54) is 6.07 Å². The highest BCUT2D eigenvalue weighted by molar-refractivity contribution is 5.55. The Hall–Kier alpha value is -2.20. The van der Waals surface area contributed by atoms with Crippen molar-refractivity contribution in [2.75, 3.05) is 6.54 Å². The largest absolute Gasteiger partial charge is 0.504 e. The van der Waals surface area contributed by atoms with Crippen molar-refractivity contribution in [1.29, 1.82) is 0 Å². The van der Waals surface area contributed by atoms with Crippen LogP contribution in [0, 0.1) is 0 Å². The molecule has 0 amide bonds. The van der Waals surface area contributed by atoms with Crippen molar-refractivity contribution in [3.8, 4) is 17.2 Å². The first-order chi connectivity index (χ1) is 9.15. The van der Waals surface area contributed by atoms with Gasteiger partial charge in [0.1, 0.15) is 0 Å². The van der Waals surface area contributed by atoms with Gasteiger partial charge in [0.2, 0.25) is 5.75 Å². The maximum Gasteiger partial charge on any atom is 0.200 e. The van der Waals surface area contributed by atoms with Gasteiger partial charge in [-0.2, -0.15) is 0 Å². The first-order valence-corrected chi connectivity index (χ1v) is 6.17. The van der Waals surface area contributed by atoms with E-state index in [9.17, 15) is 15.3 Å². The number of hydrogen-bond acceptors (Lipinski definition) is 4. The van der Waals surface area contributed by atoms with Crippen LogP contribution < -0.4 is 5.32 Å². The molecule has 4 nitrogen and oxygen atoms in total. The zero-order chi connectivity index (χ0) is 13.8. The van der Waals surface area contributed by atoms with Gasteiger partial charge in [-0.05, 0) is 24.2 Å². The van der Waals surface area contributed by atoms with E-state index in [1.54, 1.807) is 6.07 Å². The maximum atomic E-state index is 9.99. The number of nitrogens with one attached hydrogen (secondary N) is 1. The quantitative estimate of drug-likeness (QED) is 0.637. The van der Waals surface area contributed by atoms with Crippen molar-refractivity contribution in [1.82, 2.24) is 5.32 Å². The lowest BCUT2D eigenvalue weighted by atomic mass is 9.97. The zero-order valence-corrected chi connectivity index (χ0v) is 10.7. The van der Waals surface area contributed by atoms with E-state index in [0.717, 1.165) is 5.56 Å². The van der Waals surface area contributed by atoms with E-state index in [0.29, 0.717) is 12.1 Å². The Labute approximate surface area is 112 Å². The molecule has 0 fully saturated rings. The first kappa shape index (κ1) is 13.2. The molecule has 0 radical (unpaired) electrons. The minimum absolute atomic E-state index is 0.238. The van der Waals surface area contributed by atoms with E-state index in [1.807, 2.05) is 37.3 Å². The number of hydrogen-bond donors (Lipinski definition) is 4. The van der Waals surface area contributed by atoms with Crippen molar-refractivity contribution in [3.05, 3.63) is 53.6 Å². The van der Waals surface area contributed by atoms with Crippen LogP contribution in [0.15, 0.2) is 42.5 Å². The maximum absolute atomic E-state index is 9.99. The Morgan fingerprint density at radius 2 is 1.63 bits per heavy atom. The third kappa shape index (κ3) is 2.63. The van der Waals surface area contributed by atoms with Gasteiger partial charge >= 0.3 is 0 Å². The molecule has 2 rings (SSSR count). The Morgan fingerprint density at radius 1 is 0.947 bits per heavy atom. The molecule has 0 saturated carbocycles. The predicted octanol–water partition coefficient (Wildman–Crippen LogP) is 2.50. The fraction of sp³-hybridized carbons (Fsp3) is 0.200. The van der Waals surface area contributed by atoms with E-state index in [-0.39, 0.29) is 17.5 Å². The molecule has 2 aromatic carbocycles. The van der Waals surface area contributed by atoms with Gasteiger partial charge in [0.25, 0.3) is 0 Å². The molecule has 2 aromatic rings. The van der Waals surface area contributed by atoms with Crippen LogP contribution in [0.25, 0.3) is 0 Å². The first-order valence-electron chi connectivity index (χ1n) is 6.17. The van der Waals surface area contributed by atoms with E-state index < -0.39 is 5.75 Å². The Morgan fingerprint density at radius 3 is 2.26 bits per heavy atom. The summed E-state index contributed by atoms with van der Waals surface area (Å²) in [7, 11) is 0. The molecule has 100 valence electrons. The summed E-state index contributed by atoms with van der Waals surface area (Å²) >= 11 is 0. The van der Waals surface area contributed by atoms with Gasteiger partial charge in [0, 0.05) is 5.56 Å². The summed E-state index contributed by atoms with van der Waals surface area (Å²) < 4.78 is 0. The van der Waals surface area contributed by atoms with Crippen molar-refractivity contribution in [2.45, 2.75) is 13.0 Å². The summed E-state index contributed by atoms with van der Waals surface area (Å²) in [5.74, 6) is -1.12. The normalized spacial score (nSPS) is 12.3. The van der Waals surface area contributed by atoms with E-state index in [4.69, 9.17) is 0 Å². The van der Waals surface area contributed by atoms with Crippen molar-refractivity contribution in [2.24, 2.45) is 0 Å². The summed E-state index contributed by atoms with van der Waals surface area (Å²) in [6, 6.07) is 12.4. The van der Waals surface area contributed by atoms with Crippen LogP contribution in [0.2, 0.25) is 0 Å². The monoisotopic (exact) mass is 259 g/mol. The Bertz CT molecular complexity index is 555. The van der Waals surface area contributed by atoms with E-state index >= 15 is 0 Å². The summed E-state index contributed by atoms with van der Waals surface area (Å²) in [5.41, 5.74) is 1.51. The molecular weight excluding hydrogens is 242 g/mol. The zero-order valence-electron chi connectivity index (χ0n) is 10.7. The molecule has 0 aliphatic carbocycles. The number of phenols is 3. The van der Waals surface area contributed by atoms with Crippen LogP contribution in [-0.4, -0.2) is 21.9 Å². The number of aromatic hydroxyl groups is 3. The molecule has 19 heavy (non-hydrogen) atoms. The summed E-state index contributed by atoms with van der Waals surface area (Å²) in [4.78, 5) is 0. The fourth-order valence-electron chi connectivity index (χ4n) is 2.07. The second-order valence-corrected chi connectivity index (χ2v) is 4.27. The van der Waals surface area contributed by atoms with Crippen LogP contribution in [0.5, 0.6) is 17.2 Å². The van der Waals surface area contributed by atoms with Gasteiger partial charge in [-0.15, -0.1) is 0 Å². The van der Waals surface area contributed by atoms with Crippen LogP contribution in [-0.2, 0) is 0 Å². The smallest absolute Gasteiger partial charge is 0.200 e. The molecule has 4 N–H and O–H groups in total. The molecule has 0 spiro atoms. The average molecular weight is 259 g/mol. The molecule has 0 saturated heterocycles. The standard InChI is InChI=1S/C15H17NO3/c1-2-16-13(10-6-4-3-5-7-10)11-8-9-12(17)15(19)14(11)18/h3-9,13,16-19H,2H2,1H3. The third-order valence-electron chi connectivity index (χ3n) is 3.01. The molecule has 0 bridgehead atoms. The molecule has 0 aliphatic rings. The van der Waals surface area contributed by atoms with Gasteiger partial charge in [-0.3, -0.25) is 0 Å². The van der Waals surface area contributed by atoms with Gasteiger partial charge < -0.3 is 20.6 Å². The lowest BCUT2D eigenvalue weighted by Crippen LogP contribution is -2.22.